The molecule has 2 N–H and O–H groups in total. The third-order valence-corrected chi connectivity index (χ3v) is 3.75. The Labute approximate surface area is 87.8 Å². The average molecular weight is 196 g/mol. The molecule has 82 valence electrons. The molecular weight excluding hydrogens is 172 g/mol. The van der Waals surface area contributed by atoms with Crippen LogP contribution in [0.3, 0.4) is 0 Å². The van der Waals surface area contributed by atoms with Crippen molar-refractivity contribution in [2.24, 2.45) is 5.92 Å². The molecule has 2 nitrogen and oxygen atoms in total. The highest BCUT2D eigenvalue weighted by Crippen LogP contribution is 2.19. The Morgan fingerprint density at radius 3 is 2.64 bits per heavy atom. The number of rotatable bonds is 3. The predicted molar refractivity (Wildman–Crippen MR) is 60.5 cm³/mol. The molecule has 1 atom stereocenters. The van der Waals surface area contributed by atoms with E-state index >= 15 is 0 Å². The molecule has 1 aliphatic carbocycles. The summed E-state index contributed by atoms with van der Waals surface area (Å²) in [6.07, 6.45) is 9.91. The van der Waals surface area contributed by atoms with E-state index in [1.54, 1.807) is 0 Å². The predicted octanol–water partition coefficient (Wildman–Crippen LogP) is 1.91. The summed E-state index contributed by atoms with van der Waals surface area (Å²) < 4.78 is 0. The monoisotopic (exact) mass is 196 g/mol. The number of hydrogen-bond acceptors (Lipinski definition) is 2. The number of hydrogen-bond donors (Lipinski definition) is 2. The van der Waals surface area contributed by atoms with Crippen molar-refractivity contribution >= 4 is 0 Å². The lowest BCUT2D eigenvalue weighted by molar-refractivity contribution is 0.399. The lowest BCUT2D eigenvalue weighted by atomic mass is 10.0. The maximum atomic E-state index is 3.75. The molecule has 0 aromatic heterocycles. The fourth-order valence-electron chi connectivity index (χ4n) is 2.76. The first-order valence-corrected chi connectivity index (χ1v) is 6.39. The van der Waals surface area contributed by atoms with Gasteiger partial charge in [0.15, 0.2) is 0 Å². The summed E-state index contributed by atoms with van der Waals surface area (Å²) >= 11 is 0. The molecule has 14 heavy (non-hydrogen) atoms. The van der Waals surface area contributed by atoms with Crippen LogP contribution in [0.15, 0.2) is 0 Å². The lowest BCUT2D eigenvalue weighted by Gasteiger charge is -2.18. The molecule has 1 unspecified atom stereocenters. The topological polar surface area (TPSA) is 24.1 Å². The molecular formula is C12H24N2. The van der Waals surface area contributed by atoms with E-state index in [9.17, 15) is 0 Å². The molecule has 0 aromatic rings. The molecule has 0 spiro atoms. The zero-order valence-corrected chi connectivity index (χ0v) is 9.23. The number of nitrogens with one attached hydrogen (secondary N) is 2. The van der Waals surface area contributed by atoms with Crippen LogP contribution in [0.2, 0.25) is 0 Å². The van der Waals surface area contributed by atoms with E-state index in [1.807, 2.05) is 0 Å². The minimum atomic E-state index is 0.853. The van der Waals surface area contributed by atoms with Crippen molar-refractivity contribution in [3.05, 3.63) is 0 Å². The van der Waals surface area contributed by atoms with Crippen LogP contribution in [0.4, 0.5) is 0 Å². The van der Waals surface area contributed by atoms with Crippen molar-refractivity contribution in [1.29, 1.82) is 0 Å². The smallest absolute Gasteiger partial charge is 0.00671 e. The molecule has 1 aliphatic heterocycles. The van der Waals surface area contributed by atoms with E-state index in [1.165, 1.54) is 64.6 Å². The third-order valence-electron chi connectivity index (χ3n) is 3.75. The highest BCUT2D eigenvalue weighted by Gasteiger charge is 2.17. The van der Waals surface area contributed by atoms with Crippen LogP contribution in [0.25, 0.3) is 0 Å². The highest BCUT2D eigenvalue weighted by atomic mass is 14.9. The maximum absolute atomic E-state index is 3.75. The quantitative estimate of drug-likeness (QED) is 0.720. The molecule has 0 amide bonds. The van der Waals surface area contributed by atoms with Gasteiger partial charge in [0.25, 0.3) is 0 Å². The van der Waals surface area contributed by atoms with Crippen molar-refractivity contribution in [2.75, 3.05) is 19.6 Å². The summed E-state index contributed by atoms with van der Waals surface area (Å²) in [6.45, 7) is 3.74. The Kier molecular flexibility index (Phi) is 4.26. The van der Waals surface area contributed by atoms with Crippen molar-refractivity contribution in [3.63, 3.8) is 0 Å². The molecule has 0 aromatic carbocycles. The van der Waals surface area contributed by atoms with E-state index in [0.29, 0.717) is 0 Å². The second-order valence-corrected chi connectivity index (χ2v) is 4.94. The van der Waals surface area contributed by atoms with Gasteiger partial charge in [0.1, 0.15) is 0 Å². The first kappa shape index (κ1) is 10.4. The van der Waals surface area contributed by atoms with Gasteiger partial charge in [-0.25, -0.2) is 0 Å². The molecule has 1 heterocycles. The van der Waals surface area contributed by atoms with Gasteiger partial charge in [0.05, 0.1) is 0 Å². The molecule has 2 fully saturated rings. The second kappa shape index (κ2) is 5.72. The fourth-order valence-corrected chi connectivity index (χ4v) is 2.76. The van der Waals surface area contributed by atoms with E-state index < -0.39 is 0 Å². The molecule has 0 radical (unpaired) electrons. The van der Waals surface area contributed by atoms with Crippen LogP contribution in [-0.4, -0.2) is 25.7 Å². The minimum absolute atomic E-state index is 0.853. The minimum Gasteiger partial charge on any atom is -0.317 e. The largest absolute Gasteiger partial charge is 0.317 e. The van der Waals surface area contributed by atoms with Gasteiger partial charge < -0.3 is 10.6 Å². The maximum Gasteiger partial charge on any atom is 0.00671 e. The van der Waals surface area contributed by atoms with Gasteiger partial charge in [-0.3, -0.25) is 0 Å². The van der Waals surface area contributed by atoms with Gasteiger partial charge in [0.2, 0.25) is 0 Å². The summed E-state index contributed by atoms with van der Waals surface area (Å²) in [5, 5.41) is 7.23. The molecule has 0 bridgehead atoms. The molecule has 2 rings (SSSR count). The summed E-state index contributed by atoms with van der Waals surface area (Å²) in [5.41, 5.74) is 0. The Morgan fingerprint density at radius 2 is 1.79 bits per heavy atom. The first-order valence-electron chi connectivity index (χ1n) is 6.39. The summed E-state index contributed by atoms with van der Waals surface area (Å²) in [5.74, 6) is 0.936. The summed E-state index contributed by atoms with van der Waals surface area (Å²) in [6, 6.07) is 0.853. The lowest BCUT2D eigenvalue weighted by Crippen LogP contribution is -2.31. The third kappa shape index (κ3) is 3.25. The molecule has 2 aliphatic rings. The van der Waals surface area contributed by atoms with Gasteiger partial charge in [-0.2, -0.15) is 0 Å². The Bertz CT molecular complexity index is 144. The van der Waals surface area contributed by atoms with Crippen molar-refractivity contribution in [3.8, 4) is 0 Å². The fraction of sp³-hybridized carbons (Fsp3) is 1.00. The normalized spacial score (nSPS) is 30.4. The SMILES string of the molecule is C1CNCCC(CNC2CCCC2)C1. The van der Waals surface area contributed by atoms with E-state index in [4.69, 9.17) is 0 Å². The van der Waals surface area contributed by atoms with Gasteiger partial charge in [-0.1, -0.05) is 12.8 Å². The van der Waals surface area contributed by atoms with Gasteiger partial charge in [0, 0.05) is 6.04 Å². The second-order valence-electron chi connectivity index (χ2n) is 4.94. The summed E-state index contributed by atoms with van der Waals surface area (Å²) in [4.78, 5) is 0. The first-order chi connectivity index (χ1) is 6.95. The van der Waals surface area contributed by atoms with Crippen molar-refractivity contribution in [1.82, 2.24) is 10.6 Å². The average Bonchev–Trinajstić information content (AvgIpc) is 2.58. The Hall–Kier alpha value is -0.0800. The van der Waals surface area contributed by atoms with Crippen LogP contribution in [0, 0.1) is 5.92 Å². The van der Waals surface area contributed by atoms with Crippen LogP contribution < -0.4 is 10.6 Å². The molecule has 1 saturated carbocycles. The zero-order chi connectivity index (χ0) is 9.64. The van der Waals surface area contributed by atoms with Crippen LogP contribution in [0.1, 0.15) is 44.9 Å². The standard InChI is InChI=1S/C12H24N2/c1-2-6-12(5-1)14-10-11-4-3-8-13-9-7-11/h11-14H,1-10H2. The Balaban J connectivity index is 1.62. The van der Waals surface area contributed by atoms with Gasteiger partial charge in [-0.05, 0) is 57.7 Å². The van der Waals surface area contributed by atoms with Crippen molar-refractivity contribution < 1.29 is 0 Å². The van der Waals surface area contributed by atoms with Gasteiger partial charge >= 0.3 is 0 Å². The van der Waals surface area contributed by atoms with Crippen LogP contribution in [-0.2, 0) is 0 Å². The molecule has 1 saturated heterocycles. The van der Waals surface area contributed by atoms with E-state index in [0.717, 1.165) is 12.0 Å². The van der Waals surface area contributed by atoms with E-state index in [-0.39, 0.29) is 0 Å². The highest BCUT2D eigenvalue weighted by molar-refractivity contribution is 4.76. The summed E-state index contributed by atoms with van der Waals surface area (Å²) in [7, 11) is 0. The van der Waals surface area contributed by atoms with E-state index in [2.05, 4.69) is 10.6 Å². The molecule has 2 heteroatoms. The zero-order valence-electron chi connectivity index (χ0n) is 9.23. The van der Waals surface area contributed by atoms with Crippen LogP contribution in [0.5, 0.6) is 0 Å². The Morgan fingerprint density at radius 1 is 0.929 bits per heavy atom. The van der Waals surface area contributed by atoms with Gasteiger partial charge in [-0.15, -0.1) is 0 Å². The van der Waals surface area contributed by atoms with Crippen LogP contribution >= 0.6 is 0 Å². The van der Waals surface area contributed by atoms with Crippen molar-refractivity contribution in [2.45, 2.75) is 51.0 Å².